The quantitative estimate of drug-likeness (QED) is 0.739. The molecule has 2 rings (SSSR count). The highest BCUT2D eigenvalue weighted by molar-refractivity contribution is 5.82. The van der Waals surface area contributed by atoms with Crippen LogP contribution < -0.4 is 5.32 Å². The molecule has 1 heterocycles. The SMILES string of the molecule is CCNC(CN1CCN(C)C(C)(C)C1)(C(=O)OC)C1CC1. The fourth-order valence-electron chi connectivity index (χ4n) is 3.54. The predicted molar refractivity (Wildman–Crippen MR) is 84.3 cm³/mol. The van der Waals surface area contributed by atoms with Crippen molar-refractivity contribution in [3.8, 4) is 0 Å². The zero-order valence-electron chi connectivity index (χ0n) is 14.2. The van der Waals surface area contributed by atoms with E-state index in [1.807, 2.05) is 0 Å². The summed E-state index contributed by atoms with van der Waals surface area (Å²) in [7, 11) is 3.68. The van der Waals surface area contributed by atoms with Crippen LogP contribution in [0, 0.1) is 5.92 Å². The number of likely N-dealkylation sites (N-methyl/N-ethyl adjacent to an activating group) is 2. The smallest absolute Gasteiger partial charge is 0.327 e. The minimum absolute atomic E-state index is 0.0939. The molecule has 21 heavy (non-hydrogen) atoms. The highest BCUT2D eigenvalue weighted by atomic mass is 16.5. The van der Waals surface area contributed by atoms with Crippen molar-refractivity contribution in [3.63, 3.8) is 0 Å². The molecule has 0 aromatic carbocycles. The van der Waals surface area contributed by atoms with Gasteiger partial charge in [-0.25, -0.2) is 4.79 Å². The maximum absolute atomic E-state index is 12.5. The number of carbonyl (C=O) groups is 1. The van der Waals surface area contributed by atoms with Gasteiger partial charge in [0, 0.05) is 31.7 Å². The Morgan fingerprint density at radius 1 is 1.38 bits per heavy atom. The predicted octanol–water partition coefficient (Wildman–Crippen LogP) is 0.944. The van der Waals surface area contributed by atoms with Crippen molar-refractivity contribution in [2.24, 2.45) is 5.92 Å². The average molecular weight is 297 g/mol. The normalized spacial score (nSPS) is 26.3. The molecule has 1 aliphatic heterocycles. The third-order valence-corrected chi connectivity index (χ3v) is 5.18. The van der Waals surface area contributed by atoms with Gasteiger partial charge in [-0.15, -0.1) is 0 Å². The van der Waals surface area contributed by atoms with Gasteiger partial charge in [-0.2, -0.15) is 0 Å². The van der Waals surface area contributed by atoms with E-state index in [9.17, 15) is 4.79 Å². The molecule has 2 aliphatic rings. The summed E-state index contributed by atoms with van der Waals surface area (Å²) in [4.78, 5) is 17.3. The van der Waals surface area contributed by atoms with E-state index in [4.69, 9.17) is 4.74 Å². The van der Waals surface area contributed by atoms with Crippen LogP contribution in [0.4, 0.5) is 0 Å². The molecule has 1 atom stereocenters. The van der Waals surface area contributed by atoms with E-state index in [1.54, 1.807) is 0 Å². The lowest BCUT2D eigenvalue weighted by Gasteiger charge is -2.48. The summed E-state index contributed by atoms with van der Waals surface area (Å²) in [6.45, 7) is 11.2. The van der Waals surface area contributed by atoms with Crippen LogP contribution in [-0.4, -0.2) is 73.7 Å². The lowest BCUT2D eigenvalue weighted by atomic mass is 9.90. The van der Waals surface area contributed by atoms with E-state index in [0.29, 0.717) is 5.92 Å². The van der Waals surface area contributed by atoms with Crippen molar-refractivity contribution in [2.75, 3.05) is 46.9 Å². The number of carbonyl (C=O) groups excluding carboxylic acids is 1. The second-order valence-corrected chi connectivity index (χ2v) is 7.21. The second-order valence-electron chi connectivity index (χ2n) is 7.21. The first-order valence-electron chi connectivity index (χ1n) is 8.13. The molecule has 1 saturated heterocycles. The van der Waals surface area contributed by atoms with E-state index < -0.39 is 5.54 Å². The lowest BCUT2D eigenvalue weighted by Crippen LogP contribution is -2.65. The molecule has 122 valence electrons. The Morgan fingerprint density at radius 3 is 2.52 bits per heavy atom. The molecular formula is C16H31N3O2. The molecule has 0 spiro atoms. The first kappa shape index (κ1) is 16.7. The maximum Gasteiger partial charge on any atom is 0.327 e. The zero-order valence-corrected chi connectivity index (χ0v) is 14.2. The number of piperazine rings is 1. The average Bonchev–Trinajstić information content (AvgIpc) is 3.26. The van der Waals surface area contributed by atoms with E-state index >= 15 is 0 Å². The zero-order chi connectivity index (χ0) is 15.7. The molecule has 1 N–H and O–H groups in total. The number of nitrogens with zero attached hydrogens (tertiary/aromatic N) is 2. The van der Waals surface area contributed by atoms with Crippen LogP contribution >= 0.6 is 0 Å². The molecule has 2 fully saturated rings. The summed E-state index contributed by atoms with van der Waals surface area (Å²) in [6.07, 6.45) is 2.25. The summed E-state index contributed by atoms with van der Waals surface area (Å²) in [5, 5.41) is 3.46. The highest BCUT2D eigenvalue weighted by Crippen LogP contribution is 2.41. The molecule has 1 unspecified atom stereocenters. The Morgan fingerprint density at radius 2 is 2.05 bits per heavy atom. The number of hydrogen-bond acceptors (Lipinski definition) is 5. The van der Waals surface area contributed by atoms with Crippen LogP contribution in [0.3, 0.4) is 0 Å². The Bertz CT molecular complexity index is 382. The van der Waals surface area contributed by atoms with Crippen molar-refractivity contribution in [1.82, 2.24) is 15.1 Å². The van der Waals surface area contributed by atoms with Crippen molar-refractivity contribution in [1.29, 1.82) is 0 Å². The molecule has 0 aromatic heterocycles. The first-order chi connectivity index (χ1) is 9.85. The monoisotopic (exact) mass is 297 g/mol. The number of esters is 1. The third-order valence-electron chi connectivity index (χ3n) is 5.18. The van der Waals surface area contributed by atoms with Gasteiger partial charge in [-0.05, 0) is 46.2 Å². The third kappa shape index (κ3) is 3.41. The number of methoxy groups -OCH3 is 1. The molecule has 1 aliphatic carbocycles. The minimum atomic E-state index is -0.518. The number of rotatable bonds is 6. The Kier molecular flexibility index (Phi) is 4.96. The van der Waals surface area contributed by atoms with Crippen LogP contribution in [0.5, 0.6) is 0 Å². The van der Waals surface area contributed by atoms with E-state index in [0.717, 1.165) is 45.6 Å². The Labute approximate surface area is 129 Å². The fourth-order valence-corrected chi connectivity index (χ4v) is 3.54. The number of ether oxygens (including phenoxy) is 1. The van der Waals surface area contributed by atoms with Crippen molar-refractivity contribution in [3.05, 3.63) is 0 Å². The summed E-state index contributed by atoms with van der Waals surface area (Å²) in [6, 6.07) is 0. The first-order valence-corrected chi connectivity index (χ1v) is 8.13. The van der Waals surface area contributed by atoms with Crippen molar-refractivity contribution < 1.29 is 9.53 Å². The number of hydrogen-bond donors (Lipinski definition) is 1. The van der Waals surface area contributed by atoms with Crippen LogP contribution in [0.2, 0.25) is 0 Å². The van der Waals surface area contributed by atoms with Gasteiger partial charge in [0.25, 0.3) is 0 Å². The molecule has 1 saturated carbocycles. The van der Waals surface area contributed by atoms with E-state index in [2.05, 4.69) is 42.9 Å². The van der Waals surface area contributed by atoms with E-state index in [1.165, 1.54) is 7.11 Å². The van der Waals surface area contributed by atoms with Crippen molar-refractivity contribution in [2.45, 2.75) is 44.7 Å². The summed E-state index contributed by atoms with van der Waals surface area (Å²) >= 11 is 0. The molecule has 0 amide bonds. The topological polar surface area (TPSA) is 44.8 Å². The Balaban J connectivity index is 2.13. The van der Waals surface area contributed by atoms with Gasteiger partial charge in [-0.1, -0.05) is 6.92 Å². The molecular weight excluding hydrogens is 266 g/mol. The largest absolute Gasteiger partial charge is 0.468 e. The van der Waals surface area contributed by atoms with E-state index in [-0.39, 0.29) is 11.5 Å². The van der Waals surface area contributed by atoms with Gasteiger partial charge < -0.3 is 10.1 Å². The maximum atomic E-state index is 12.5. The molecule has 0 aromatic rings. The molecule has 0 radical (unpaired) electrons. The summed E-state index contributed by atoms with van der Waals surface area (Å²) in [5.41, 5.74) is -0.370. The molecule has 5 nitrogen and oxygen atoms in total. The van der Waals surface area contributed by atoms with Gasteiger partial charge >= 0.3 is 5.97 Å². The van der Waals surface area contributed by atoms with Crippen LogP contribution in [0.15, 0.2) is 0 Å². The standard InChI is InChI=1S/C16H31N3O2/c1-6-17-16(13-7-8-13,14(20)21-5)12-19-10-9-18(4)15(2,3)11-19/h13,17H,6-12H2,1-5H3. The highest BCUT2D eigenvalue weighted by Gasteiger charge is 2.52. The van der Waals surface area contributed by atoms with Crippen LogP contribution in [0.25, 0.3) is 0 Å². The summed E-state index contributed by atoms with van der Waals surface area (Å²) < 4.78 is 5.15. The van der Waals surface area contributed by atoms with Gasteiger partial charge in [0.15, 0.2) is 0 Å². The van der Waals surface area contributed by atoms with Gasteiger partial charge in [0.05, 0.1) is 7.11 Å². The van der Waals surface area contributed by atoms with Crippen LogP contribution in [-0.2, 0) is 9.53 Å². The number of nitrogens with one attached hydrogen (secondary N) is 1. The van der Waals surface area contributed by atoms with Gasteiger partial charge in [0.1, 0.15) is 5.54 Å². The second kappa shape index (κ2) is 6.23. The Hall–Kier alpha value is -0.650. The molecule has 5 heteroatoms. The van der Waals surface area contributed by atoms with Gasteiger partial charge in [-0.3, -0.25) is 9.80 Å². The van der Waals surface area contributed by atoms with Crippen LogP contribution in [0.1, 0.15) is 33.6 Å². The fraction of sp³-hybridized carbons (Fsp3) is 0.938. The van der Waals surface area contributed by atoms with Crippen molar-refractivity contribution >= 4 is 5.97 Å². The minimum Gasteiger partial charge on any atom is -0.468 e. The lowest BCUT2D eigenvalue weighted by molar-refractivity contribution is -0.151. The molecule has 0 bridgehead atoms. The van der Waals surface area contributed by atoms with Gasteiger partial charge in [0.2, 0.25) is 0 Å². The summed E-state index contributed by atoms with van der Waals surface area (Å²) in [5.74, 6) is 0.330.